The van der Waals surface area contributed by atoms with Crippen LogP contribution in [0.3, 0.4) is 0 Å². The van der Waals surface area contributed by atoms with Gasteiger partial charge in [0.05, 0.1) is 22.5 Å². The molecule has 31 heavy (non-hydrogen) atoms. The van der Waals surface area contributed by atoms with Crippen molar-refractivity contribution in [1.29, 1.82) is 5.26 Å². The van der Waals surface area contributed by atoms with Crippen molar-refractivity contribution in [2.75, 3.05) is 0 Å². The van der Waals surface area contributed by atoms with Gasteiger partial charge in [0.2, 0.25) is 5.95 Å². The summed E-state index contributed by atoms with van der Waals surface area (Å²) in [6.07, 6.45) is 3.44. The molecule has 0 atom stereocenters. The lowest BCUT2D eigenvalue weighted by atomic mass is 9.72. The molecule has 4 heteroatoms. The van der Waals surface area contributed by atoms with Gasteiger partial charge in [-0.25, -0.2) is 0 Å². The Hall–Kier alpha value is -3.71. The maximum atomic E-state index is 14.3. The van der Waals surface area contributed by atoms with E-state index in [4.69, 9.17) is 0 Å². The lowest BCUT2D eigenvalue weighted by Gasteiger charge is -2.32. The quantitative estimate of drug-likeness (QED) is 0.396. The molecule has 1 fully saturated rings. The first-order valence-electron chi connectivity index (χ1n) is 10.5. The van der Waals surface area contributed by atoms with Crippen LogP contribution in [0.15, 0.2) is 60.7 Å². The van der Waals surface area contributed by atoms with Crippen molar-refractivity contribution in [2.45, 2.75) is 26.2 Å². The van der Waals surface area contributed by atoms with Crippen LogP contribution < -0.4 is 0 Å². The summed E-state index contributed by atoms with van der Waals surface area (Å²) in [6.45, 7) is 2.06. The summed E-state index contributed by atoms with van der Waals surface area (Å²) >= 11 is 0. The number of rotatable bonds is 4. The molecule has 1 radical (unpaired) electrons. The minimum Gasteiger partial charge on any atom is -0.275 e. The van der Waals surface area contributed by atoms with Gasteiger partial charge in [-0.15, -0.1) is 5.10 Å². The average Bonchev–Trinajstić information content (AvgIpc) is 3.13. The second kappa shape index (κ2) is 7.85. The summed E-state index contributed by atoms with van der Waals surface area (Å²) < 4.78 is 14.3. The zero-order chi connectivity index (χ0) is 21.4. The van der Waals surface area contributed by atoms with E-state index in [0.29, 0.717) is 22.4 Å². The SMILES string of the molecule is Cc1cc(C#N)ccc1/C(=C(\c1[c]cccc1)c1ccc2[nH]nc(F)c2c1)C1CCC1. The second-order valence-corrected chi connectivity index (χ2v) is 8.11. The topological polar surface area (TPSA) is 52.5 Å². The number of aromatic amines is 1. The van der Waals surface area contributed by atoms with E-state index in [1.54, 1.807) is 0 Å². The molecule has 151 valence electrons. The normalized spacial score (nSPS) is 14.7. The van der Waals surface area contributed by atoms with Gasteiger partial charge in [0.1, 0.15) is 0 Å². The number of halogens is 1. The van der Waals surface area contributed by atoms with E-state index in [0.717, 1.165) is 40.7 Å². The standard InChI is InChI=1S/C27H21FN3/c1-17-14-18(16-29)10-12-22(17)26(20-8-5-9-20)25(19-6-3-2-4-7-19)21-11-13-24-23(15-21)27(28)31-30-24/h2-4,6,10-15,20H,5,8-9H2,1H3,(H,30,31)/b26-25+. The molecule has 4 aromatic rings. The van der Waals surface area contributed by atoms with E-state index >= 15 is 0 Å². The Morgan fingerprint density at radius 3 is 2.71 bits per heavy atom. The third-order valence-electron chi connectivity index (χ3n) is 6.21. The van der Waals surface area contributed by atoms with Crippen molar-refractivity contribution in [2.24, 2.45) is 5.92 Å². The number of nitriles is 1. The lowest BCUT2D eigenvalue weighted by Crippen LogP contribution is -2.16. The van der Waals surface area contributed by atoms with Gasteiger partial charge < -0.3 is 0 Å². The van der Waals surface area contributed by atoms with Gasteiger partial charge in [0.15, 0.2) is 0 Å². The molecule has 0 unspecified atom stereocenters. The van der Waals surface area contributed by atoms with Crippen LogP contribution in [0.1, 0.15) is 47.1 Å². The van der Waals surface area contributed by atoms with Crippen LogP contribution in [0, 0.1) is 36.2 Å². The van der Waals surface area contributed by atoms with E-state index < -0.39 is 5.95 Å². The third-order valence-corrected chi connectivity index (χ3v) is 6.21. The van der Waals surface area contributed by atoms with Crippen molar-refractivity contribution < 1.29 is 4.39 Å². The van der Waals surface area contributed by atoms with Gasteiger partial charge in [-0.05, 0) is 89.4 Å². The molecule has 5 rings (SSSR count). The highest BCUT2D eigenvalue weighted by atomic mass is 19.1. The van der Waals surface area contributed by atoms with Crippen molar-refractivity contribution in [3.63, 3.8) is 0 Å². The molecule has 0 amide bonds. The van der Waals surface area contributed by atoms with Gasteiger partial charge in [-0.1, -0.05) is 42.8 Å². The van der Waals surface area contributed by atoms with Crippen molar-refractivity contribution >= 4 is 22.0 Å². The van der Waals surface area contributed by atoms with Gasteiger partial charge in [0, 0.05) is 0 Å². The largest absolute Gasteiger partial charge is 0.275 e. The maximum Gasteiger partial charge on any atom is 0.240 e. The van der Waals surface area contributed by atoms with E-state index in [2.05, 4.69) is 41.4 Å². The molecule has 0 spiro atoms. The van der Waals surface area contributed by atoms with Gasteiger partial charge in [-0.2, -0.15) is 9.65 Å². The zero-order valence-electron chi connectivity index (χ0n) is 17.2. The zero-order valence-corrected chi connectivity index (χ0v) is 17.2. The lowest BCUT2D eigenvalue weighted by molar-refractivity contribution is 0.401. The fraction of sp³-hybridized carbons (Fsp3) is 0.185. The minimum absolute atomic E-state index is 0.417. The summed E-state index contributed by atoms with van der Waals surface area (Å²) in [6, 6.07) is 25.2. The number of nitrogens with zero attached hydrogens (tertiary/aromatic N) is 2. The van der Waals surface area contributed by atoms with Crippen molar-refractivity contribution in [1.82, 2.24) is 10.2 Å². The molecule has 1 heterocycles. The highest BCUT2D eigenvalue weighted by Gasteiger charge is 2.28. The van der Waals surface area contributed by atoms with Crippen LogP contribution in [-0.4, -0.2) is 10.2 Å². The summed E-state index contributed by atoms with van der Waals surface area (Å²) in [4.78, 5) is 0. The van der Waals surface area contributed by atoms with E-state index in [1.807, 2.05) is 48.5 Å². The van der Waals surface area contributed by atoms with E-state index in [-0.39, 0.29) is 0 Å². The summed E-state index contributed by atoms with van der Waals surface area (Å²) in [7, 11) is 0. The average molecular weight is 406 g/mol. The number of aromatic nitrogens is 2. The summed E-state index contributed by atoms with van der Waals surface area (Å²) in [5.74, 6) is -0.0758. The Labute approximate surface area is 180 Å². The Morgan fingerprint density at radius 1 is 1.16 bits per heavy atom. The van der Waals surface area contributed by atoms with Crippen LogP contribution in [0.2, 0.25) is 0 Å². The van der Waals surface area contributed by atoms with Crippen LogP contribution >= 0.6 is 0 Å². The molecule has 1 saturated carbocycles. The molecule has 0 saturated heterocycles. The van der Waals surface area contributed by atoms with Gasteiger partial charge >= 0.3 is 0 Å². The Balaban J connectivity index is 1.83. The van der Waals surface area contributed by atoms with Crippen LogP contribution in [0.5, 0.6) is 0 Å². The molecular formula is C27H21FN3. The monoisotopic (exact) mass is 406 g/mol. The minimum atomic E-state index is -0.493. The molecule has 3 nitrogen and oxygen atoms in total. The van der Waals surface area contributed by atoms with Crippen molar-refractivity contribution in [3.8, 4) is 6.07 Å². The fourth-order valence-electron chi connectivity index (χ4n) is 4.43. The maximum absolute atomic E-state index is 14.3. The predicted molar refractivity (Wildman–Crippen MR) is 120 cm³/mol. The van der Waals surface area contributed by atoms with Crippen molar-refractivity contribution in [3.05, 3.63) is 100 Å². The molecular weight excluding hydrogens is 385 g/mol. The molecule has 1 aliphatic rings. The molecule has 1 N–H and O–H groups in total. The Bertz CT molecular complexity index is 1340. The number of allylic oxidation sites excluding steroid dienone is 1. The van der Waals surface area contributed by atoms with E-state index in [1.165, 1.54) is 12.0 Å². The van der Waals surface area contributed by atoms with Crippen LogP contribution in [-0.2, 0) is 0 Å². The number of nitrogens with one attached hydrogen (secondary N) is 1. The molecule has 0 bridgehead atoms. The smallest absolute Gasteiger partial charge is 0.240 e. The first-order chi connectivity index (χ1) is 15.2. The first kappa shape index (κ1) is 19.3. The number of benzene rings is 3. The highest BCUT2D eigenvalue weighted by molar-refractivity contribution is 6.01. The summed E-state index contributed by atoms with van der Waals surface area (Å²) in [5.41, 5.74) is 7.80. The molecule has 3 aromatic carbocycles. The number of H-pyrrole nitrogens is 1. The highest BCUT2D eigenvalue weighted by Crippen LogP contribution is 2.46. The Morgan fingerprint density at radius 2 is 2.03 bits per heavy atom. The number of hydrogen-bond donors (Lipinski definition) is 1. The number of aryl methyl sites for hydroxylation is 1. The van der Waals surface area contributed by atoms with Gasteiger partial charge in [-0.3, -0.25) is 5.10 Å². The number of hydrogen-bond acceptors (Lipinski definition) is 2. The molecule has 0 aliphatic heterocycles. The van der Waals surface area contributed by atoms with Crippen LogP contribution in [0.25, 0.3) is 22.0 Å². The number of fused-ring (bicyclic) bond motifs is 1. The van der Waals surface area contributed by atoms with Gasteiger partial charge in [0.25, 0.3) is 0 Å². The Kier molecular flexibility index (Phi) is 4.88. The predicted octanol–water partition coefficient (Wildman–Crippen LogP) is 6.44. The molecule has 1 aromatic heterocycles. The first-order valence-corrected chi connectivity index (χ1v) is 10.5. The fourth-order valence-corrected chi connectivity index (χ4v) is 4.43. The van der Waals surface area contributed by atoms with Crippen LogP contribution in [0.4, 0.5) is 4.39 Å². The third kappa shape index (κ3) is 3.43. The second-order valence-electron chi connectivity index (χ2n) is 8.11. The summed E-state index contributed by atoms with van der Waals surface area (Å²) in [5, 5.41) is 16.3. The molecule has 1 aliphatic carbocycles. The van der Waals surface area contributed by atoms with E-state index in [9.17, 15) is 9.65 Å².